The highest BCUT2D eigenvalue weighted by molar-refractivity contribution is 5.97. The third-order valence-electron chi connectivity index (χ3n) is 5.38. The number of aryl methyl sites for hydroxylation is 1. The van der Waals surface area contributed by atoms with Gasteiger partial charge in [-0.3, -0.25) is 14.4 Å². The second-order valence-electron chi connectivity index (χ2n) is 7.20. The second kappa shape index (κ2) is 8.34. The summed E-state index contributed by atoms with van der Waals surface area (Å²) < 4.78 is 0. The molecule has 2 aliphatic rings. The lowest BCUT2D eigenvalue weighted by Crippen LogP contribution is -2.43. The molecule has 1 saturated heterocycles. The van der Waals surface area contributed by atoms with Crippen LogP contribution >= 0.6 is 0 Å². The number of piperidine rings is 1. The molecule has 3 rings (SSSR count). The maximum absolute atomic E-state index is 12.6. The SMILES string of the molecule is O=C(O)CC[C@@H]1CCCN(C(=O)CCN2C(=O)CCc3ccccc32)C1. The van der Waals surface area contributed by atoms with Crippen molar-refractivity contribution in [1.29, 1.82) is 0 Å². The molecule has 26 heavy (non-hydrogen) atoms. The number of nitrogens with zero attached hydrogens (tertiary/aromatic N) is 2. The molecular weight excluding hydrogens is 332 g/mol. The third-order valence-corrected chi connectivity index (χ3v) is 5.38. The Hall–Kier alpha value is -2.37. The van der Waals surface area contributed by atoms with Crippen LogP contribution in [0.3, 0.4) is 0 Å². The standard InChI is InChI=1S/C20H26N2O4/c23-18(21-12-3-4-15(14-21)7-10-20(25)26)11-13-22-17-6-2-1-5-16(17)8-9-19(22)24/h1-2,5-6,15H,3-4,7-14H2,(H,25,26)/t15-/m0/s1. The van der Waals surface area contributed by atoms with Gasteiger partial charge >= 0.3 is 5.97 Å². The predicted octanol–water partition coefficient (Wildman–Crippen LogP) is 2.46. The molecule has 2 heterocycles. The summed E-state index contributed by atoms with van der Waals surface area (Å²) in [7, 11) is 0. The number of aliphatic carboxylic acids is 1. The highest BCUT2D eigenvalue weighted by Crippen LogP contribution is 2.28. The van der Waals surface area contributed by atoms with Crippen molar-refractivity contribution >= 4 is 23.5 Å². The average Bonchev–Trinajstić information content (AvgIpc) is 2.65. The molecular formula is C20H26N2O4. The molecule has 0 spiro atoms. The summed E-state index contributed by atoms with van der Waals surface area (Å²) in [5, 5.41) is 8.83. The highest BCUT2D eigenvalue weighted by atomic mass is 16.4. The number of carboxylic acid groups (broad SMARTS) is 1. The molecule has 0 saturated carbocycles. The van der Waals surface area contributed by atoms with E-state index in [1.807, 2.05) is 29.2 Å². The lowest BCUT2D eigenvalue weighted by Gasteiger charge is -2.34. The Morgan fingerprint density at radius 1 is 1.15 bits per heavy atom. The minimum Gasteiger partial charge on any atom is -0.481 e. The van der Waals surface area contributed by atoms with Crippen LogP contribution < -0.4 is 4.90 Å². The van der Waals surface area contributed by atoms with Crippen LogP contribution in [0.2, 0.25) is 0 Å². The number of rotatable bonds is 6. The van der Waals surface area contributed by atoms with Crippen LogP contribution in [0.5, 0.6) is 0 Å². The number of amides is 2. The Balaban J connectivity index is 1.55. The molecule has 2 amide bonds. The fraction of sp³-hybridized carbons (Fsp3) is 0.550. The Labute approximate surface area is 153 Å². The van der Waals surface area contributed by atoms with Gasteiger partial charge in [0, 0.05) is 44.6 Å². The van der Waals surface area contributed by atoms with E-state index >= 15 is 0 Å². The van der Waals surface area contributed by atoms with Gasteiger partial charge in [-0.2, -0.15) is 0 Å². The first kappa shape index (κ1) is 18.4. The summed E-state index contributed by atoms with van der Waals surface area (Å²) in [4.78, 5) is 39.2. The minimum atomic E-state index is -0.782. The Kier molecular flexibility index (Phi) is 5.91. The Bertz CT molecular complexity index is 688. The number of para-hydroxylation sites is 1. The number of benzene rings is 1. The zero-order valence-corrected chi connectivity index (χ0v) is 15.0. The molecule has 6 nitrogen and oxygen atoms in total. The number of likely N-dealkylation sites (tertiary alicyclic amines) is 1. The fourth-order valence-corrected chi connectivity index (χ4v) is 3.96. The minimum absolute atomic E-state index is 0.0564. The van der Waals surface area contributed by atoms with Gasteiger partial charge in [-0.15, -0.1) is 0 Å². The molecule has 1 aromatic carbocycles. The topological polar surface area (TPSA) is 77.9 Å². The van der Waals surface area contributed by atoms with Gasteiger partial charge in [0.2, 0.25) is 11.8 Å². The van der Waals surface area contributed by atoms with Crippen LogP contribution in [-0.4, -0.2) is 47.4 Å². The van der Waals surface area contributed by atoms with E-state index in [9.17, 15) is 14.4 Å². The van der Waals surface area contributed by atoms with Gasteiger partial charge in [0.05, 0.1) is 0 Å². The van der Waals surface area contributed by atoms with Gasteiger partial charge in [0.25, 0.3) is 0 Å². The zero-order valence-electron chi connectivity index (χ0n) is 15.0. The van der Waals surface area contributed by atoms with Crippen LogP contribution in [0, 0.1) is 5.92 Å². The van der Waals surface area contributed by atoms with Crippen molar-refractivity contribution in [2.24, 2.45) is 5.92 Å². The van der Waals surface area contributed by atoms with Gasteiger partial charge in [-0.25, -0.2) is 0 Å². The van der Waals surface area contributed by atoms with Gasteiger partial charge in [-0.05, 0) is 43.2 Å². The van der Waals surface area contributed by atoms with E-state index in [1.165, 1.54) is 0 Å². The van der Waals surface area contributed by atoms with Crippen molar-refractivity contribution in [3.63, 3.8) is 0 Å². The van der Waals surface area contributed by atoms with Crippen LogP contribution in [-0.2, 0) is 20.8 Å². The summed E-state index contributed by atoms with van der Waals surface area (Å²) in [6, 6.07) is 7.88. The average molecular weight is 358 g/mol. The molecule has 0 radical (unpaired) electrons. The monoisotopic (exact) mass is 358 g/mol. The van der Waals surface area contributed by atoms with Crippen molar-refractivity contribution in [3.8, 4) is 0 Å². The third kappa shape index (κ3) is 4.42. The molecule has 140 valence electrons. The molecule has 0 aliphatic carbocycles. The van der Waals surface area contributed by atoms with Gasteiger partial charge in [-0.1, -0.05) is 18.2 Å². The Morgan fingerprint density at radius 3 is 2.77 bits per heavy atom. The molecule has 6 heteroatoms. The van der Waals surface area contributed by atoms with E-state index in [4.69, 9.17) is 5.11 Å². The summed E-state index contributed by atoms with van der Waals surface area (Å²) in [6.45, 7) is 1.77. The van der Waals surface area contributed by atoms with Crippen molar-refractivity contribution < 1.29 is 19.5 Å². The van der Waals surface area contributed by atoms with Crippen LogP contribution in [0.4, 0.5) is 5.69 Å². The van der Waals surface area contributed by atoms with Crippen molar-refractivity contribution in [2.45, 2.75) is 44.9 Å². The van der Waals surface area contributed by atoms with E-state index in [2.05, 4.69) is 0 Å². The van der Waals surface area contributed by atoms with Crippen molar-refractivity contribution in [2.75, 3.05) is 24.5 Å². The maximum Gasteiger partial charge on any atom is 0.303 e. The largest absolute Gasteiger partial charge is 0.481 e. The predicted molar refractivity (Wildman–Crippen MR) is 97.9 cm³/mol. The number of carbonyl (C=O) groups is 3. The first-order valence-corrected chi connectivity index (χ1v) is 9.42. The number of anilines is 1. The van der Waals surface area contributed by atoms with Gasteiger partial charge < -0.3 is 14.9 Å². The first-order valence-electron chi connectivity index (χ1n) is 9.42. The number of hydrogen-bond acceptors (Lipinski definition) is 3. The van der Waals surface area contributed by atoms with E-state index < -0.39 is 5.97 Å². The van der Waals surface area contributed by atoms with E-state index in [0.29, 0.717) is 32.4 Å². The molecule has 0 unspecified atom stereocenters. The molecule has 1 atom stereocenters. The smallest absolute Gasteiger partial charge is 0.303 e. The van der Waals surface area contributed by atoms with Crippen LogP contribution in [0.25, 0.3) is 0 Å². The molecule has 0 bridgehead atoms. The molecule has 1 aromatic rings. The molecule has 1 N–H and O–H groups in total. The van der Waals surface area contributed by atoms with Crippen molar-refractivity contribution in [3.05, 3.63) is 29.8 Å². The van der Waals surface area contributed by atoms with E-state index in [-0.39, 0.29) is 24.2 Å². The molecule has 2 aliphatic heterocycles. The normalized spacial score (nSPS) is 20.0. The number of hydrogen-bond donors (Lipinski definition) is 1. The summed E-state index contributed by atoms with van der Waals surface area (Å²) in [5.74, 6) is -0.382. The lowest BCUT2D eigenvalue weighted by molar-refractivity contribution is -0.137. The zero-order chi connectivity index (χ0) is 18.5. The maximum atomic E-state index is 12.6. The highest BCUT2D eigenvalue weighted by Gasteiger charge is 2.27. The lowest BCUT2D eigenvalue weighted by atomic mass is 9.93. The summed E-state index contributed by atoms with van der Waals surface area (Å²) >= 11 is 0. The van der Waals surface area contributed by atoms with Gasteiger partial charge in [0.15, 0.2) is 0 Å². The first-order chi connectivity index (χ1) is 12.5. The molecule has 1 fully saturated rings. The second-order valence-corrected chi connectivity index (χ2v) is 7.20. The fourth-order valence-electron chi connectivity index (χ4n) is 3.96. The van der Waals surface area contributed by atoms with E-state index in [0.717, 1.165) is 37.1 Å². The molecule has 0 aromatic heterocycles. The number of carboxylic acids is 1. The summed E-state index contributed by atoms with van der Waals surface area (Å²) in [5.41, 5.74) is 2.08. The summed E-state index contributed by atoms with van der Waals surface area (Å²) in [6.07, 6.45) is 4.24. The van der Waals surface area contributed by atoms with Gasteiger partial charge in [0.1, 0.15) is 0 Å². The van der Waals surface area contributed by atoms with Crippen molar-refractivity contribution in [1.82, 2.24) is 4.90 Å². The van der Waals surface area contributed by atoms with Crippen LogP contribution in [0.15, 0.2) is 24.3 Å². The quantitative estimate of drug-likeness (QED) is 0.847. The Morgan fingerprint density at radius 2 is 1.96 bits per heavy atom. The van der Waals surface area contributed by atoms with Crippen LogP contribution in [0.1, 0.15) is 44.1 Å². The number of fused-ring (bicyclic) bond motifs is 1. The van der Waals surface area contributed by atoms with E-state index in [1.54, 1.807) is 4.90 Å². The number of carbonyl (C=O) groups excluding carboxylic acids is 2.